The molecule has 0 bridgehead atoms. The highest BCUT2D eigenvalue weighted by Crippen LogP contribution is 2.44. The zero-order chi connectivity index (χ0) is 16.4. The molecule has 0 unspecified atom stereocenters. The van der Waals surface area contributed by atoms with Gasteiger partial charge in [-0.05, 0) is 24.3 Å². The molecule has 0 radical (unpaired) electrons. The van der Waals surface area contributed by atoms with Crippen molar-refractivity contribution in [1.82, 2.24) is 10.6 Å². The topological polar surface area (TPSA) is 78.5 Å². The van der Waals surface area contributed by atoms with E-state index in [1.54, 1.807) is 23.9 Å². The third-order valence-electron chi connectivity index (χ3n) is 3.33. The molecule has 0 atom stereocenters. The first-order valence-electron chi connectivity index (χ1n) is 6.82. The minimum atomic E-state index is -0.801. The van der Waals surface area contributed by atoms with Gasteiger partial charge in [-0.1, -0.05) is 36.0 Å². The molecular weight excluding hydrogens is 314 g/mol. The Balaban J connectivity index is 1.73. The van der Waals surface area contributed by atoms with Crippen LogP contribution in [0.4, 0.5) is 10.5 Å². The molecule has 2 aliphatic rings. The predicted octanol–water partition coefficient (Wildman–Crippen LogP) is 1.92. The Morgan fingerprint density at radius 1 is 1.00 bits per heavy atom. The molecule has 0 spiro atoms. The van der Waals surface area contributed by atoms with Crippen LogP contribution in [0.25, 0.3) is 0 Å². The molecule has 1 fully saturated rings. The van der Waals surface area contributed by atoms with Crippen LogP contribution in [0, 0.1) is 0 Å². The fourth-order valence-corrected chi connectivity index (χ4v) is 3.25. The van der Waals surface area contributed by atoms with E-state index >= 15 is 0 Å². The van der Waals surface area contributed by atoms with E-state index in [0.29, 0.717) is 0 Å². The second kappa shape index (κ2) is 6.13. The molecule has 116 valence electrons. The first kappa shape index (κ1) is 15.1. The Kier molecular flexibility index (Phi) is 4.03. The SMILES string of the molecule is CN1/C(=C/C=C/C=C2C(=O)NC(=O)NC2=O)Sc2ccccc21. The number of carbonyl (C=O) groups is 3. The number of para-hydroxylation sites is 1. The number of carbonyl (C=O) groups excluding carboxylic acids is 3. The van der Waals surface area contributed by atoms with Gasteiger partial charge in [0, 0.05) is 11.9 Å². The average molecular weight is 327 g/mol. The highest BCUT2D eigenvalue weighted by molar-refractivity contribution is 8.03. The molecule has 6 nitrogen and oxygen atoms in total. The molecule has 4 amide bonds. The zero-order valence-electron chi connectivity index (χ0n) is 12.2. The number of benzene rings is 1. The van der Waals surface area contributed by atoms with Crippen LogP contribution in [-0.4, -0.2) is 24.9 Å². The van der Waals surface area contributed by atoms with Crippen molar-refractivity contribution in [1.29, 1.82) is 0 Å². The Labute approximate surface area is 136 Å². The van der Waals surface area contributed by atoms with E-state index in [1.807, 2.05) is 42.0 Å². The summed E-state index contributed by atoms with van der Waals surface area (Å²) in [7, 11) is 1.98. The molecule has 2 N–H and O–H groups in total. The molecule has 1 aromatic rings. The van der Waals surface area contributed by atoms with Gasteiger partial charge in [-0.25, -0.2) is 4.79 Å². The Morgan fingerprint density at radius 3 is 2.35 bits per heavy atom. The van der Waals surface area contributed by atoms with Crippen LogP contribution in [-0.2, 0) is 9.59 Å². The van der Waals surface area contributed by atoms with E-state index < -0.39 is 17.8 Å². The van der Waals surface area contributed by atoms with E-state index in [0.717, 1.165) is 10.7 Å². The smallest absolute Gasteiger partial charge is 0.328 e. The van der Waals surface area contributed by atoms with Gasteiger partial charge < -0.3 is 4.90 Å². The van der Waals surface area contributed by atoms with Gasteiger partial charge in [-0.2, -0.15) is 0 Å². The van der Waals surface area contributed by atoms with Gasteiger partial charge in [0.15, 0.2) is 0 Å². The van der Waals surface area contributed by atoms with Crippen LogP contribution in [0.15, 0.2) is 64.1 Å². The second-order valence-corrected chi connectivity index (χ2v) is 5.90. The van der Waals surface area contributed by atoms with Crippen molar-refractivity contribution in [2.75, 3.05) is 11.9 Å². The number of nitrogens with one attached hydrogen (secondary N) is 2. The van der Waals surface area contributed by atoms with Crippen molar-refractivity contribution in [3.8, 4) is 0 Å². The summed E-state index contributed by atoms with van der Waals surface area (Å²) >= 11 is 1.64. The molecule has 1 aromatic carbocycles. The fourth-order valence-electron chi connectivity index (χ4n) is 2.18. The molecule has 1 saturated heterocycles. The lowest BCUT2D eigenvalue weighted by Crippen LogP contribution is -2.51. The molecule has 3 rings (SSSR count). The number of rotatable bonds is 2. The molecule has 0 aromatic heterocycles. The van der Waals surface area contributed by atoms with Crippen molar-refractivity contribution in [3.05, 3.63) is 59.2 Å². The average Bonchev–Trinajstić information content (AvgIpc) is 2.82. The van der Waals surface area contributed by atoms with Gasteiger partial charge >= 0.3 is 6.03 Å². The van der Waals surface area contributed by atoms with E-state index in [4.69, 9.17) is 0 Å². The van der Waals surface area contributed by atoms with Crippen LogP contribution < -0.4 is 15.5 Å². The molecule has 2 heterocycles. The first-order valence-corrected chi connectivity index (χ1v) is 7.64. The minimum Gasteiger partial charge on any atom is -0.338 e. The maximum absolute atomic E-state index is 11.5. The minimum absolute atomic E-state index is 0.102. The van der Waals surface area contributed by atoms with Crippen molar-refractivity contribution in [2.45, 2.75) is 4.90 Å². The number of anilines is 1. The standard InChI is InChI=1S/C16H13N3O3S/c1-19-11-7-3-4-8-12(11)23-13(19)9-5-2-6-10-14(20)17-16(22)18-15(10)21/h2-9H,1H3,(H2,17,18,20,21,22)/b5-2+,13-9-. The summed E-state index contributed by atoms with van der Waals surface area (Å²) in [5.74, 6) is -1.40. The maximum atomic E-state index is 11.5. The predicted molar refractivity (Wildman–Crippen MR) is 87.7 cm³/mol. The van der Waals surface area contributed by atoms with E-state index in [1.165, 1.54) is 11.0 Å². The van der Waals surface area contributed by atoms with Crippen LogP contribution in [0.3, 0.4) is 0 Å². The first-order chi connectivity index (χ1) is 11.1. The molecular formula is C16H13N3O3S. The number of hydrogen-bond acceptors (Lipinski definition) is 5. The molecule has 7 heteroatoms. The normalized spacial score (nSPS) is 19.2. The van der Waals surface area contributed by atoms with E-state index in [2.05, 4.69) is 11.0 Å². The zero-order valence-corrected chi connectivity index (χ0v) is 13.0. The lowest BCUT2D eigenvalue weighted by Gasteiger charge is -2.13. The van der Waals surface area contributed by atoms with Crippen molar-refractivity contribution < 1.29 is 14.4 Å². The molecule has 0 saturated carbocycles. The quantitative estimate of drug-likeness (QED) is 0.641. The van der Waals surface area contributed by atoms with Gasteiger partial charge in [0.1, 0.15) is 5.57 Å². The van der Waals surface area contributed by atoms with Crippen LogP contribution in [0.1, 0.15) is 0 Å². The van der Waals surface area contributed by atoms with Crippen molar-refractivity contribution in [2.24, 2.45) is 0 Å². The summed E-state index contributed by atoms with van der Waals surface area (Å²) in [5, 5.41) is 5.08. The fraction of sp³-hybridized carbons (Fsp3) is 0.0625. The summed E-state index contributed by atoms with van der Waals surface area (Å²) in [5.41, 5.74) is 1.04. The summed E-state index contributed by atoms with van der Waals surface area (Å²) in [6.07, 6.45) is 6.61. The van der Waals surface area contributed by atoms with Gasteiger partial charge in [0.2, 0.25) is 0 Å². The van der Waals surface area contributed by atoms with Crippen LogP contribution >= 0.6 is 11.8 Å². The summed E-state index contributed by atoms with van der Waals surface area (Å²) in [6.45, 7) is 0. The van der Waals surface area contributed by atoms with Crippen LogP contribution in [0.5, 0.6) is 0 Å². The lowest BCUT2D eigenvalue weighted by molar-refractivity contribution is -0.124. The van der Waals surface area contributed by atoms with Crippen molar-refractivity contribution in [3.63, 3.8) is 0 Å². The van der Waals surface area contributed by atoms with Gasteiger partial charge in [-0.3, -0.25) is 20.2 Å². The number of fused-ring (bicyclic) bond motifs is 1. The summed E-state index contributed by atoms with van der Waals surface area (Å²) in [6, 6.07) is 7.27. The lowest BCUT2D eigenvalue weighted by atomic mass is 10.2. The monoisotopic (exact) mass is 327 g/mol. The van der Waals surface area contributed by atoms with E-state index in [9.17, 15) is 14.4 Å². The highest BCUT2D eigenvalue weighted by atomic mass is 32.2. The van der Waals surface area contributed by atoms with Gasteiger partial charge in [-0.15, -0.1) is 0 Å². The summed E-state index contributed by atoms with van der Waals surface area (Å²) in [4.78, 5) is 37.3. The number of imide groups is 2. The number of allylic oxidation sites excluding steroid dienone is 4. The Hall–Kier alpha value is -2.80. The van der Waals surface area contributed by atoms with E-state index in [-0.39, 0.29) is 5.57 Å². The number of nitrogens with zero attached hydrogens (tertiary/aromatic N) is 1. The van der Waals surface area contributed by atoms with Gasteiger partial charge in [0.25, 0.3) is 11.8 Å². The van der Waals surface area contributed by atoms with Crippen LogP contribution in [0.2, 0.25) is 0 Å². The van der Waals surface area contributed by atoms with Crippen molar-refractivity contribution >= 4 is 35.3 Å². The molecule has 2 aliphatic heterocycles. The number of amides is 4. The number of urea groups is 1. The number of barbiturate groups is 1. The largest absolute Gasteiger partial charge is 0.338 e. The third-order valence-corrected chi connectivity index (χ3v) is 4.51. The molecule has 23 heavy (non-hydrogen) atoms. The Bertz CT molecular complexity index is 774. The number of hydrogen-bond donors (Lipinski definition) is 2. The summed E-state index contributed by atoms with van der Waals surface area (Å²) < 4.78 is 0. The maximum Gasteiger partial charge on any atom is 0.328 e. The highest BCUT2D eigenvalue weighted by Gasteiger charge is 2.26. The second-order valence-electron chi connectivity index (χ2n) is 4.84. The third kappa shape index (κ3) is 3.04. The molecule has 0 aliphatic carbocycles. The van der Waals surface area contributed by atoms with Gasteiger partial charge in [0.05, 0.1) is 10.7 Å². The number of thioether (sulfide) groups is 1. The Morgan fingerprint density at radius 2 is 1.65 bits per heavy atom.